The first kappa shape index (κ1) is 20.7. The summed E-state index contributed by atoms with van der Waals surface area (Å²) in [7, 11) is 0. The molecule has 7 rings (SSSR count). The monoisotopic (exact) mass is 459 g/mol. The van der Waals surface area contributed by atoms with Gasteiger partial charge in [-0.15, -0.1) is 0 Å². The van der Waals surface area contributed by atoms with E-state index >= 15 is 0 Å². The molecule has 0 bridgehead atoms. The summed E-state index contributed by atoms with van der Waals surface area (Å²) >= 11 is 0. The highest BCUT2D eigenvalue weighted by Gasteiger charge is 2.11. The Kier molecular flexibility index (Phi) is 4.92. The molecule has 0 radical (unpaired) electrons. The highest BCUT2D eigenvalue weighted by atomic mass is 15.0. The summed E-state index contributed by atoms with van der Waals surface area (Å²) in [5.41, 5.74) is 8.84. The van der Waals surface area contributed by atoms with Crippen LogP contribution >= 0.6 is 0 Å². The molecule has 1 aromatic heterocycles. The molecular formula is C35H25N. The summed E-state index contributed by atoms with van der Waals surface area (Å²) < 4.78 is 2.36. The van der Waals surface area contributed by atoms with Crippen LogP contribution in [-0.2, 0) is 6.42 Å². The van der Waals surface area contributed by atoms with E-state index in [1.165, 1.54) is 60.5 Å². The molecule has 6 aromatic carbocycles. The zero-order chi connectivity index (χ0) is 23.9. The van der Waals surface area contributed by atoms with E-state index in [0.717, 1.165) is 6.42 Å². The molecule has 0 saturated carbocycles. The summed E-state index contributed by atoms with van der Waals surface area (Å²) in [5.74, 6) is 0. The van der Waals surface area contributed by atoms with E-state index in [1.54, 1.807) is 0 Å². The molecule has 1 nitrogen and oxygen atoms in total. The van der Waals surface area contributed by atoms with E-state index in [1.807, 2.05) is 0 Å². The summed E-state index contributed by atoms with van der Waals surface area (Å²) in [6, 6.07) is 50.5. The fraction of sp³-hybridized carbons (Fsp3) is 0.0286. The second kappa shape index (κ2) is 8.55. The molecule has 0 saturated heterocycles. The first-order valence-electron chi connectivity index (χ1n) is 12.5. The summed E-state index contributed by atoms with van der Waals surface area (Å²) in [6.45, 7) is 0. The van der Waals surface area contributed by atoms with Crippen LogP contribution in [0.4, 0.5) is 0 Å². The zero-order valence-corrected chi connectivity index (χ0v) is 19.9. The van der Waals surface area contributed by atoms with Gasteiger partial charge in [0.2, 0.25) is 0 Å². The number of para-hydroxylation sites is 2. The lowest BCUT2D eigenvalue weighted by Crippen LogP contribution is -1.93. The Bertz CT molecular complexity index is 1780. The first-order valence-corrected chi connectivity index (χ1v) is 12.5. The Labute approximate surface area is 210 Å². The molecule has 7 aromatic rings. The van der Waals surface area contributed by atoms with Crippen molar-refractivity contribution < 1.29 is 0 Å². The minimum atomic E-state index is 0.939. The lowest BCUT2D eigenvalue weighted by Gasteiger charge is -2.10. The first-order chi connectivity index (χ1) is 17.8. The molecule has 36 heavy (non-hydrogen) atoms. The maximum absolute atomic E-state index is 2.36. The van der Waals surface area contributed by atoms with Gasteiger partial charge in [0.1, 0.15) is 0 Å². The average Bonchev–Trinajstić information content (AvgIpc) is 3.28. The van der Waals surface area contributed by atoms with Crippen LogP contribution in [0.2, 0.25) is 0 Å². The second-order valence-corrected chi connectivity index (χ2v) is 9.43. The van der Waals surface area contributed by atoms with Crippen molar-refractivity contribution in [3.63, 3.8) is 0 Å². The number of fused-ring (bicyclic) bond motifs is 4. The van der Waals surface area contributed by atoms with Crippen molar-refractivity contribution in [2.24, 2.45) is 0 Å². The maximum atomic E-state index is 2.36. The molecule has 0 spiro atoms. The average molecular weight is 460 g/mol. The van der Waals surface area contributed by atoms with E-state index < -0.39 is 0 Å². The molecule has 0 aliphatic heterocycles. The quantitative estimate of drug-likeness (QED) is 0.247. The van der Waals surface area contributed by atoms with Gasteiger partial charge in [-0.1, -0.05) is 115 Å². The summed E-state index contributed by atoms with van der Waals surface area (Å²) in [4.78, 5) is 0. The van der Waals surface area contributed by atoms with Crippen LogP contribution in [0.25, 0.3) is 49.4 Å². The molecule has 0 fully saturated rings. The predicted molar refractivity (Wildman–Crippen MR) is 153 cm³/mol. The SMILES string of the molecule is c1ccc2c(Cc3ccc(-c4ccc(-n5c6ccccc6c6ccccc65)cc4)cc3)cccc2c1. The van der Waals surface area contributed by atoms with Crippen LogP contribution in [-0.4, -0.2) is 4.57 Å². The molecule has 0 aliphatic rings. The van der Waals surface area contributed by atoms with Crippen molar-refractivity contribution in [3.05, 3.63) is 151 Å². The fourth-order valence-corrected chi connectivity index (χ4v) is 5.49. The van der Waals surface area contributed by atoms with Gasteiger partial charge in [0, 0.05) is 16.5 Å². The molecule has 170 valence electrons. The van der Waals surface area contributed by atoms with Gasteiger partial charge in [0.25, 0.3) is 0 Å². The normalized spacial score (nSPS) is 11.4. The van der Waals surface area contributed by atoms with Crippen molar-refractivity contribution in [3.8, 4) is 16.8 Å². The number of rotatable bonds is 4. The Morgan fingerprint density at radius 2 is 0.944 bits per heavy atom. The Morgan fingerprint density at radius 1 is 0.417 bits per heavy atom. The van der Waals surface area contributed by atoms with Crippen molar-refractivity contribution in [1.82, 2.24) is 4.57 Å². The molecule has 0 atom stereocenters. The Balaban J connectivity index is 1.20. The summed E-state index contributed by atoms with van der Waals surface area (Å²) in [6.07, 6.45) is 0.939. The van der Waals surface area contributed by atoms with Crippen molar-refractivity contribution in [2.75, 3.05) is 0 Å². The largest absolute Gasteiger partial charge is 0.309 e. The molecule has 1 heterocycles. The van der Waals surface area contributed by atoms with Crippen molar-refractivity contribution in [2.45, 2.75) is 6.42 Å². The molecule has 0 unspecified atom stereocenters. The van der Waals surface area contributed by atoms with Gasteiger partial charge >= 0.3 is 0 Å². The van der Waals surface area contributed by atoms with Gasteiger partial charge in [-0.05, 0) is 63.7 Å². The topological polar surface area (TPSA) is 4.93 Å². The lowest BCUT2D eigenvalue weighted by molar-refractivity contribution is 1.18. The van der Waals surface area contributed by atoms with Crippen LogP contribution in [0.1, 0.15) is 11.1 Å². The minimum Gasteiger partial charge on any atom is -0.309 e. The van der Waals surface area contributed by atoms with Gasteiger partial charge in [0.15, 0.2) is 0 Å². The van der Waals surface area contributed by atoms with E-state index in [2.05, 4.69) is 144 Å². The predicted octanol–water partition coefficient (Wildman–Crippen LogP) is 9.19. The molecule has 1 heteroatoms. The third kappa shape index (κ3) is 3.49. The molecule has 0 amide bonds. The summed E-state index contributed by atoms with van der Waals surface area (Å²) in [5, 5.41) is 5.22. The molecule has 0 aliphatic carbocycles. The smallest absolute Gasteiger partial charge is 0.0541 e. The van der Waals surface area contributed by atoms with Gasteiger partial charge in [-0.2, -0.15) is 0 Å². The van der Waals surface area contributed by atoms with E-state index in [-0.39, 0.29) is 0 Å². The Morgan fingerprint density at radius 3 is 1.61 bits per heavy atom. The number of hydrogen-bond acceptors (Lipinski definition) is 0. The molecule has 0 N–H and O–H groups in total. The maximum Gasteiger partial charge on any atom is 0.0541 e. The van der Waals surface area contributed by atoms with Gasteiger partial charge in [-0.3, -0.25) is 0 Å². The van der Waals surface area contributed by atoms with Gasteiger partial charge < -0.3 is 4.57 Å². The van der Waals surface area contributed by atoms with E-state index in [4.69, 9.17) is 0 Å². The fourth-order valence-electron chi connectivity index (χ4n) is 5.49. The zero-order valence-electron chi connectivity index (χ0n) is 19.9. The minimum absolute atomic E-state index is 0.939. The van der Waals surface area contributed by atoms with Crippen molar-refractivity contribution in [1.29, 1.82) is 0 Å². The standard InChI is InChI=1S/C35H25N/c1-2-11-31-28(8-1)9-7-10-29(31)24-25-16-18-26(19-17-25)27-20-22-30(23-21-27)36-34-14-5-3-12-32(34)33-13-4-6-15-35(33)36/h1-23H,24H2. The van der Waals surface area contributed by atoms with Crippen LogP contribution in [0.15, 0.2) is 140 Å². The Hall–Kier alpha value is -4.62. The van der Waals surface area contributed by atoms with Gasteiger partial charge in [0.05, 0.1) is 11.0 Å². The highest BCUT2D eigenvalue weighted by molar-refractivity contribution is 6.09. The highest BCUT2D eigenvalue weighted by Crippen LogP contribution is 2.32. The number of aromatic nitrogens is 1. The van der Waals surface area contributed by atoms with E-state index in [0.29, 0.717) is 0 Å². The number of nitrogens with zero attached hydrogens (tertiary/aromatic N) is 1. The lowest BCUT2D eigenvalue weighted by atomic mass is 9.97. The van der Waals surface area contributed by atoms with Crippen LogP contribution < -0.4 is 0 Å². The van der Waals surface area contributed by atoms with Crippen LogP contribution in [0.3, 0.4) is 0 Å². The van der Waals surface area contributed by atoms with Gasteiger partial charge in [-0.25, -0.2) is 0 Å². The number of benzene rings is 6. The van der Waals surface area contributed by atoms with Crippen LogP contribution in [0.5, 0.6) is 0 Å². The number of hydrogen-bond donors (Lipinski definition) is 0. The molecular weight excluding hydrogens is 434 g/mol. The van der Waals surface area contributed by atoms with Crippen molar-refractivity contribution >= 4 is 32.6 Å². The second-order valence-electron chi connectivity index (χ2n) is 9.43. The third-order valence-electron chi connectivity index (χ3n) is 7.27. The third-order valence-corrected chi connectivity index (χ3v) is 7.27. The van der Waals surface area contributed by atoms with E-state index in [9.17, 15) is 0 Å². The van der Waals surface area contributed by atoms with Crippen LogP contribution in [0, 0.1) is 0 Å².